The van der Waals surface area contributed by atoms with Gasteiger partial charge in [0.15, 0.2) is 0 Å². The van der Waals surface area contributed by atoms with Crippen LogP contribution in [0.1, 0.15) is 23.7 Å². The molecule has 0 radical (unpaired) electrons. The van der Waals surface area contributed by atoms with E-state index in [0.29, 0.717) is 6.42 Å². The van der Waals surface area contributed by atoms with Gasteiger partial charge in [-0.2, -0.15) is 0 Å². The number of esters is 1. The second kappa shape index (κ2) is 6.88. The molecule has 21 heavy (non-hydrogen) atoms. The molecule has 118 valence electrons. The van der Waals surface area contributed by atoms with Gasteiger partial charge in [0.1, 0.15) is 4.90 Å². The average Bonchev–Trinajstić information content (AvgIpc) is 2.43. The smallest absolute Gasteiger partial charge is 0.337 e. The van der Waals surface area contributed by atoms with Gasteiger partial charge in [0.2, 0.25) is 10.0 Å². The van der Waals surface area contributed by atoms with E-state index in [1.807, 2.05) is 0 Å². The minimum atomic E-state index is -3.77. The molecule has 1 unspecified atom stereocenters. The zero-order valence-electron chi connectivity index (χ0n) is 12.2. The van der Waals surface area contributed by atoms with Crippen molar-refractivity contribution in [1.82, 2.24) is 4.31 Å². The molecule has 0 bridgehead atoms. The summed E-state index contributed by atoms with van der Waals surface area (Å²) in [7, 11) is -1.13. The maximum Gasteiger partial charge on any atom is 0.337 e. The number of aliphatic hydroxyl groups is 1. The number of hydrogen-bond acceptors (Lipinski definition) is 6. The number of hydrogen-bond donors (Lipinski definition) is 2. The first-order chi connectivity index (χ1) is 9.70. The molecule has 8 heteroatoms. The van der Waals surface area contributed by atoms with Crippen LogP contribution in [0.4, 0.5) is 5.69 Å². The molecule has 0 aliphatic rings. The molecular formula is C13H20N2O5S. The van der Waals surface area contributed by atoms with Crippen molar-refractivity contribution in [3.05, 3.63) is 23.8 Å². The summed E-state index contributed by atoms with van der Waals surface area (Å²) in [5.74, 6) is -0.590. The molecule has 0 fully saturated rings. The molecule has 0 amide bonds. The summed E-state index contributed by atoms with van der Waals surface area (Å²) in [4.78, 5) is 11.3. The zero-order chi connectivity index (χ0) is 16.2. The fourth-order valence-electron chi connectivity index (χ4n) is 1.68. The van der Waals surface area contributed by atoms with Gasteiger partial charge in [-0.1, -0.05) is 0 Å². The number of ether oxygens (including phenoxy) is 1. The van der Waals surface area contributed by atoms with E-state index in [9.17, 15) is 18.3 Å². The number of methoxy groups -OCH3 is 1. The number of aliphatic hydroxyl groups excluding tert-OH is 1. The molecular weight excluding hydrogens is 296 g/mol. The van der Waals surface area contributed by atoms with E-state index in [-0.39, 0.29) is 22.7 Å². The van der Waals surface area contributed by atoms with E-state index in [0.717, 1.165) is 4.31 Å². The third-order valence-corrected chi connectivity index (χ3v) is 4.91. The van der Waals surface area contributed by atoms with E-state index >= 15 is 0 Å². The molecule has 1 rings (SSSR count). The van der Waals surface area contributed by atoms with Crippen LogP contribution in [0.25, 0.3) is 0 Å². The highest BCUT2D eigenvalue weighted by Crippen LogP contribution is 2.23. The highest BCUT2D eigenvalue weighted by atomic mass is 32.2. The number of carbonyl (C=O) groups is 1. The predicted molar refractivity (Wildman–Crippen MR) is 78.3 cm³/mol. The molecule has 1 aromatic carbocycles. The van der Waals surface area contributed by atoms with Crippen LogP contribution in [0.2, 0.25) is 0 Å². The summed E-state index contributed by atoms with van der Waals surface area (Å²) in [6.07, 6.45) is -0.280. The number of benzene rings is 1. The van der Waals surface area contributed by atoms with Crippen molar-refractivity contribution in [2.24, 2.45) is 0 Å². The van der Waals surface area contributed by atoms with Crippen LogP contribution in [0.15, 0.2) is 23.1 Å². The van der Waals surface area contributed by atoms with Gasteiger partial charge < -0.3 is 15.6 Å². The Bertz CT molecular complexity index is 613. The number of nitrogens with two attached hydrogens (primary N) is 1. The van der Waals surface area contributed by atoms with E-state index in [1.165, 1.54) is 32.4 Å². The Balaban J connectivity index is 3.06. The monoisotopic (exact) mass is 316 g/mol. The van der Waals surface area contributed by atoms with Crippen LogP contribution in [0, 0.1) is 0 Å². The highest BCUT2D eigenvalue weighted by Gasteiger charge is 2.24. The summed E-state index contributed by atoms with van der Waals surface area (Å²) in [6.45, 7) is 1.75. The van der Waals surface area contributed by atoms with Crippen molar-refractivity contribution >= 4 is 21.7 Å². The minimum absolute atomic E-state index is 0.0261. The fourth-order valence-corrected chi connectivity index (χ4v) is 2.96. The summed E-state index contributed by atoms with van der Waals surface area (Å²) < 4.78 is 30.4. The zero-order valence-corrected chi connectivity index (χ0v) is 13.1. The molecule has 7 nitrogen and oxygen atoms in total. The van der Waals surface area contributed by atoms with Gasteiger partial charge in [0.25, 0.3) is 0 Å². The van der Waals surface area contributed by atoms with Gasteiger partial charge in [-0.15, -0.1) is 0 Å². The maximum atomic E-state index is 12.4. The largest absolute Gasteiger partial charge is 0.465 e. The quantitative estimate of drug-likeness (QED) is 0.582. The maximum absolute atomic E-state index is 12.4. The Hall–Kier alpha value is -1.64. The lowest BCUT2D eigenvalue weighted by atomic mass is 10.2. The molecule has 0 heterocycles. The molecule has 0 spiro atoms. The van der Waals surface area contributed by atoms with Gasteiger partial charge in [-0.3, -0.25) is 0 Å². The topological polar surface area (TPSA) is 110 Å². The van der Waals surface area contributed by atoms with Crippen molar-refractivity contribution in [2.75, 3.05) is 26.4 Å². The molecule has 0 aromatic heterocycles. The fraction of sp³-hybridized carbons (Fsp3) is 0.462. The van der Waals surface area contributed by atoms with Crippen LogP contribution in [-0.2, 0) is 14.8 Å². The lowest BCUT2D eigenvalue weighted by Crippen LogP contribution is -2.30. The number of carbonyl (C=O) groups excluding carboxylic acids is 1. The first-order valence-corrected chi connectivity index (χ1v) is 7.76. The van der Waals surface area contributed by atoms with E-state index in [4.69, 9.17) is 5.73 Å². The Morgan fingerprint density at radius 3 is 2.57 bits per heavy atom. The van der Waals surface area contributed by atoms with Crippen molar-refractivity contribution in [3.8, 4) is 0 Å². The summed E-state index contributed by atoms with van der Waals surface area (Å²) >= 11 is 0. The Morgan fingerprint density at radius 1 is 1.48 bits per heavy atom. The number of sulfonamides is 1. The first-order valence-electron chi connectivity index (χ1n) is 6.32. The normalized spacial score (nSPS) is 13.2. The summed E-state index contributed by atoms with van der Waals surface area (Å²) in [6, 6.07) is 3.88. The van der Waals surface area contributed by atoms with Gasteiger partial charge in [0, 0.05) is 13.6 Å². The average molecular weight is 316 g/mol. The number of nitrogens with zero attached hydrogens (tertiary/aromatic N) is 1. The van der Waals surface area contributed by atoms with Crippen molar-refractivity contribution < 1.29 is 23.1 Å². The number of nitrogen functional groups attached to an aromatic ring is 1. The molecule has 0 saturated heterocycles. The lowest BCUT2D eigenvalue weighted by Gasteiger charge is -2.19. The van der Waals surface area contributed by atoms with E-state index < -0.39 is 22.1 Å². The molecule has 0 aliphatic carbocycles. The van der Waals surface area contributed by atoms with Gasteiger partial charge >= 0.3 is 5.97 Å². The third-order valence-electron chi connectivity index (χ3n) is 2.98. The van der Waals surface area contributed by atoms with Crippen molar-refractivity contribution in [1.29, 1.82) is 0 Å². The SMILES string of the molecule is COC(=O)c1ccc(S(=O)(=O)N(C)CCC(C)O)c(N)c1. The summed E-state index contributed by atoms with van der Waals surface area (Å²) in [5, 5.41) is 9.22. The lowest BCUT2D eigenvalue weighted by molar-refractivity contribution is 0.0600. The van der Waals surface area contributed by atoms with Crippen LogP contribution >= 0.6 is 0 Å². The Labute approximate surface area is 124 Å². The van der Waals surface area contributed by atoms with Crippen molar-refractivity contribution in [3.63, 3.8) is 0 Å². The summed E-state index contributed by atoms with van der Waals surface area (Å²) in [5.41, 5.74) is 5.89. The highest BCUT2D eigenvalue weighted by molar-refractivity contribution is 7.89. The third kappa shape index (κ3) is 4.16. The van der Waals surface area contributed by atoms with Gasteiger partial charge in [-0.05, 0) is 31.5 Å². The van der Waals surface area contributed by atoms with Crippen LogP contribution < -0.4 is 5.73 Å². The Kier molecular flexibility index (Phi) is 5.70. The predicted octanol–water partition coefficient (Wildman–Crippen LogP) is 0.447. The molecule has 3 N–H and O–H groups in total. The molecule has 0 aliphatic heterocycles. The number of rotatable bonds is 6. The van der Waals surface area contributed by atoms with Gasteiger partial charge in [-0.25, -0.2) is 17.5 Å². The van der Waals surface area contributed by atoms with Gasteiger partial charge in [0.05, 0.1) is 24.5 Å². The molecule has 1 atom stereocenters. The molecule has 1 aromatic rings. The van der Waals surface area contributed by atoms with Crippen molar-refractivity contribution in [2.45, 2.75) is 24.3 Å². The first kappa shape index (κ1) is 17.4. The van der Waals surface area contributed by atoms with E-state index in [2.05, 4.69) is 4.74 Å². The van der Waals surface area contributed by atoms with E-state index in [1.54, 1.807) is 6.92 Å². The minimum Gasteiger partial charge on any atom is -0.465 e. The second-order valence-electron chi connectivity index (χ2n) is 4.71. The Morgan fingerprint density at radius 2 is 2.10 bits per heavy atom. The second-order valence-corrected chi connectivity index (χ2v) is 6.72. The van der Waals surface area contributed by atoms with Crippen LogP contribution in [-0.4, -0.2) is 50.6 Å². The standard InChI is InChI=1S/C13H20N2O5S/c1-9(16)6-7-15(2)21(18,19)12-5-4-10(8-11(12)14)13(17)20-3/h4-5,8-9,16H,6-7,14H2,1-3H3. The number of anilines is 1. The van der Waals surface area contributed by atoms with Crippen LogP contribution in [0.3, 0.4) is 0 Å². The molecule has 0 saturated carbocycles. The van der Waals surface area contributed by atoms with Crippen LogP contribution in [0.5, 0.6) is 0 Å².